The highest BCUT2D eigenvalue weighted by molar-refractivity contribution is 9.09. The molecule has 0 saturated heterocycles. The normalized spacial score (nSPS) is 12.4. The minimum Gasteiger partial charge on any atom is -0.370 e. The maximum Gasteiger partial charge on any atom is 0.191 e. The Labute approximate surface area is 98.8 Å². The molecule has 0 aromatic heterocycles. The number of ketones is 1. The van der Waals surface area contributed by atoms with Crippen molar-refractivity contribution >= 4 is 21.7 Å². The molecule has 15 heavy (non-hydrogen) atoms. The lowest BCUT2D eigenvalue weighted by atomic mass is 10.1. The fourth-order valence-corrected chi connectivity index (χ4v) is 1.46. The monoisotopic (exact) mass is 270 g/mol. The number of carbonyl (C=O) groups excluding carboxylic acids is 1. The van der Waals surface area contributed by atoms with Gasteiger partial charge in [-0.25, -0.2) is 0 Å². The van der Waals surface area contributed by atoms with Crippen molar-refractivity contribution in [3.05, 3.63) is 35.9 Å². The van der Waals surface area contributed by atoms with Gasteiger partial charge in [-0.3, -0.25) is 4.79 Å². The van der Waals surface area contributed by atoms with E-state index in [4.69, 9.17) is 4.74 Å². The largest absolute Gasteiger partial charge is 0.370 e. The van der Waals surface area contributed by atoms with Gasteiger partial charge in [-0.2, -0.15) is 0 Å². The van der Waals surface area contributed by atoms with Gasteiger partial charge in [0.15, 0.2) is 5.78 Å². The molecule has 0 saturated carbocycles. The number of hydrogen-bond donors (Lipinski definition) is 0. The van der Waals surface area contributed by atoms with Crippen LogP contribution in [-0.4, -0.2) is 23.8 Å². The van der Waals surface area contributed by atoms with Crippen molar-refractivity contribution in [1.29, 1.82) is 0 Å². The predicted molar refractivity (Wildman–Crippen MR) is 64.6 cm³/mol. The first-order chi connectivity index (χ1) is 7.25. The fourth-order valence-electron chi connectivity index (χ4n) is 1.23. The summed E-state index contributed by atoms with van der Waals surface area (Å²) in [5.41, 5.74) is 0.712. The zero-order valence-corrected chi connectivity index (χ0v) is 10.4. The molecule has 1 aromatic rings. The molecular formula is C12H15BrO2. The van der Waals surface area contributed by atoms with Crippen LogP contribution in [0.2, 0.25) is 0 Å². The molecule has 1 rings (SSSR count). The van der Waals surface area contributed by atoms with E-state index in [0.717, 1.165) is 11.8 Å². The molecule has 0 aliphatic heterocycles. The van der Waals surface area contributed by atoms with Gasteiger partial charge < -0.3 is 4.74 Å². The van der Waals surface area contributed by atoms with E-state index >= 15 is 0 Å². The quantitative estimate of drug-likeness (QED) is 0.451. The van der Waals surface area contributed by atoms with Gasteiger partial charge in [0.05, 0.1) is 0 Å². The summed E-state index contributed by atoms with van der Waals surface area (Å²) in [7, 11) is 0. The maximum absolute atomic E-state index is 11.8. The average molecular weight is 271 g/mol. The summed E-state index contributed by atoms with van der Waals surface area (Å²) >= 11 is 3.32. The Hall–Kier alpha value is -0.670. The first-order valence-electron chi connectivity index (χ1n) is 5.02. The first kappa shape index (κ1) is 12.4. The Morgan fingerprint density at radius 2 is 2.07 bits per heavy atom. The highest BCUT2D eigenvalue weighted by Gasteiger charge is 2.14. The average Bonchev–Trinajstić information content (AvgIpc) is 2.29. The molecule has 0 fully saturated rings. The standard InChI is InChI=1S/C12H15BrO2/c1-10(15-9-5-8-13)12(14)11-6-3-2-4-7-11/h2-4,6-7,10H,5,8-9H2,1H3. The second kappa shape index (κ2) is 6.75. The third-order valence-corrected chi connectivity index (χ3v) is 2.63. The van der Waals surface area contributed by atoms with E-state index in [1.165, 1.54) is 0 Å². The molecule has 0 aliphatic rings. The fraction of sp³-hybridized carbons (Fsp3) is 0.417. The van der Waals surface area contributed by atoms with E-state index in [2.05, 4.69) is 15.9 Å². The van der Waals surface area contributed by atoms with Crippen LogP contribution < -0.4 is 0 Å². The van der Waals surface area contributed by atoms with Crippen molar-refractivity contribution in [2.45, 2.75) is 19.4 Å². The van der Waals surface area contributed by atoms with Gasteiger partial charge >= 0.3 is 0 Å². The number of Topliss-reactive ketones (excluding diaryl/α,β-unsaturated/α-hetero) is 1. The summed E-state index contributed by atoms with van der Waals surface area (Å²) in [4.78, 5) is 11.8. The van der Waals surface area contributed by atoms with E-state index in [9.17, 15) is 4.79 Å². The lowest BCUT2D eigenvalue weighted by Crippen LogP contribution is -2.21. The lowest BCUT2D eigenvalue weighted by molar-refractivity contribution is 0.0482. The van der Waals surface area contributed by atoms with Gasteiger partial charge in [0.25, 0.3) is 0 Å². The van der Waals surface area contributed by atoms with Gasteiger partial charge in [-0.1, -0.05) is 46.3 Å². The molecule has 0 heterocycles. The summed E-state index contributed by atoms with van der Waals surface area (Å²) in [6.45, 7) is 2.41. The number of halogens is 1. The third-order valence-electron chi connectivity index (χ3n) is 2.07. The summed E-state index contributed by atoms with van der Waals surface area (Å²) in [6, 6.07) is 9.24. The molecule has 3 heteroatoms. The molecule has 1 aromatic carbocycles. The number of benzene rings is 1. The van der Waals surface area contributed by atoms with Gasteiger partial charge in [0.1, 0.15) is 6.10 Å². The molecule has 0 aliphatic carbocycles. The smallest absolute Gasteiger partial charge is 0.191 e. The second-order valence-electron chi connectivity index (χ2n) is 3.29. The van der Waals surface area contributed by atoms with Crippen LogP contribution in [0.3, 0.4) is 0 Å². The molecule has 0 N–H and O–H groups in total. The molecule has 0 amide bonds. The minimum absolute atomic E-state index is 0.0465. The Morgan fingerprint density at radius 1 is 1.40 bits per heavy atom. The number of carbonyl (C=O) groups is 1. The molecule has 1 atom stereocenters. The van der Waals surface area contributed by atoms with Crippen LogP contribution in [0.25, 0.3) is 0 Å². The Bertz CT molecular complexity index is 298. The van der Waals surface area contributed by atoms with Crippen LogP contribution >= 0.6 is 15.9 Å². The molecular weight excluding hydrogens is 256 g/mol. The van der Waals surface area contributed by atoms with Crippen molar-refractivity contribution in [3.63, 3.8) is 0 Å². The maximum atomic E-state index is 11.8. The number of alkyl halides is 1. The van der Waals surface area contributed by atoms with Gasteiger partial charge in [0, 0.05) is 17.5 Å². The molecule has 0 spiro atoms. The number of ether oxygens (including phenoxy) is 1. The summed E-state index contributed by atoms with van der Waals surface area (Å²) in [5, 5.41) is 0.902. The van der Waals surface area contributed by atoms with Crippen LogP contribution in [0, 0.1) is 0 Å². The van der Waals surface area contributed by atoms with E-state index < -0.39 is 0 Å². The van der Waals surface area contributed by atoms with E-state index in [-0.39, 0.29) is 11.9 Å². The Balaban J connectivity index is 2.46. The molecule has 1 unspecified atom stereocenters. The van der Waals surface area contributed by atoms with Crippen LogP contribution in [0.15, 0.2) is 30.3 Å². The SMILES string of the molecule is CC(OCCCBr)C(=O)c1ccccc1. The third kappa shape index (κ3) is 4.14. The minimum atomic E-state index is -0.355. The van der Waals surface area contributed by atoms with E-state index in [1.54, 1.807) is 6.92 Å². The molecule has 2 nitrogen and oxygen atoms in total. The van der Waals surface area contributed by atoms with Crippen LogP contribution in [0.1, 0.15) is 23.7 Å². The molecule has 82 valence electrons. The van der Waals surface area contributed by atoms with Crippen LogP contribution in [0.5, 0.6) is 0 Å². The van der Waals surface area contributed by atoms with Crippen molar-refractivity contribution < 1.29 is 9.53 Å². The van der Waals surface area contributed by atoms with Crippen molar-refractivity contribution in [1.82, 2.24) is 0 Å². The Kier molecular flexibility index (Phi) is 5.58. The summed E-state index contributed by atoms with van der Waals surface area (Å²) < 4.78 is 5.42. The van der Waals surface area contributed by atoms with Crippen molar-refractivity contribution in [2.75, 3.05) is 11.9 Å². The van der Waals surface area contributed by atoms with Crippen molar-refractivity contribution in [3.8, 4) is 0 Å². The summed E-state index contributed by atoms with van der Waals surface area (Å²) in [5.74, 6) is 0.0465. The zero-order chi connectivity index (χ0) is 11.1. The number of rotatable bonds is 6. The van der Waals surface area contributed by atoms with Gasteiger partial charge in [-0.15, -0.1) is 0 Å². The highest BCUT2D eigenvalue weighted by atomic mass is 79.9. The van der Waals surface area contributed by atoms with Crippen LogP contribution in [0.4, 0.5) is 0 Å². The first-order valence-corrected chi connectivity index (χ1v) is 6.14. The Morgan fingerprint density at radius 3 is 2.67 bits per heavy atom. The van der Waals surface area contributed by atoms with E-state index in [0.29, 0.717) is 12.2 Å². The van der Waals surface area contributed by atoms with Crippen LogP contribution in [-0.2, 0) is 4.74 Å². The predicted octanol–water partition coefficient (Wildman–Crippen LogP) is 3.06. The molecule has 0 bridgehead atoms. The van der Waals surface area contributed by atoms with Gasteiger partial charge in [-0.05, 0) is 13.3 Å². The molecule has 0 radical (unpaired) electrons. The lowest BCUT2D eigenvalue weighted by Gasteiger charge is -2.11. The highest BCUT2D eigenvalue weighted by Crippen LogP contribution is 2.06. The van der Waals surface area contributed by atoms with Gasteiger partial charge in [0.2, 0.25) is 0 Å². The second-order valence-corrected chi connectivity index (χ2v) is 4.08. The number of hydrogen-bond acceptors (Lipinski definition) is 2. The van der Waals surface area contributed by atoms with Crippen molar-refractivity contribution in [2.24, 2.45) is 0 Å². The zero-order valence-electron chi connectivity index (χ0n) is 8.78. The summed E-state index contributed by atoms with van der Waals surface area (Å²) in [6.07, 6.45) is 0.568. The van der Waals surface area contributed by atoms with E-state index in [1.807, 2.05) is 30.3 Å². The topological polar surface area (TPSA) is 26.3 Å².